The van der Waals surface area contributed by atoms with Crippen molar-refractivity contribution in [1.82, 2.24) is 0 Å². The van der Waals surface area contributed by atoms with E-state index in [4.69, 9.17) is 11.6 Å². The zero-order valence-corrected chi connectivity index (χ0v) is 11.7. The van der Waals surface area contributed by atoms with Crippen molar-refractivity contribution in [3.8, 4) is 0 Å². The lowest BCUT2D eigenvalue weighted by atomic mass is 9.79. The molecule has 1 aliphatic carbocycles. The normalized spacial score (nSPS) is 14.9. The molecule has 0 aromatic heterocycles. The minimum atomic E-state index is -0.508. The van der Waals surface area contributed by atoms with Crippen LogP contribution >= 0.6 is 11.6 Å². The molecule has 0 N–H and O–H groups in total. The number of carbonyl (C=O) groups is 1. The third-order valence-electron chi connectivity index (χ3n) is 3.91. The maximum Gasteiger partial charge on any atom is 0.193 e. The Morgan fingerprint density at radius 1 is 1.10 bits per heavy atom. The van der Waals surface area contributed by atoms with Gasteiger partial charge in [0.1, 0.15) is 5.82 Å². The van der Waals surface area contributed by atoms with E-state index >= 15 is 0 Å². The molecule has 1 aliphatic rings. The van der Waals surface area contributed by atoms with Crippen molar-refractivity contribution in [2.75, 3.05) is 0 Å². The van der Waals surface area contributed by atoms with Gasteiger partial charge < -0.3 is 0 Å². The molecule has 102 valence electrons. The molecule has 0 heterocycles. The number of carbonyl (C=O) groups excluding carboxylic acids is 1. The van der Waals surface area contributed by atoms with Crippen LogP contribution in [0.2, 0.25) is 5.02 Å². The van der Waals surface area contributed by atoms with Crippen LogP contribution < -0.4 is 0 Å². The molecule has 1 nitrogen and oxygen atoms in total. The first-order valence-electron chi connectivity index (χ1n) is 6.75. The van der Waals surface area contributed by atoms with Crippen LogP contribution in [0.25, 0.3) is 0 Å². The first-order chi connectivity index (χ1) is 9.65. The Morgan fingerprint density at radius 2 is 1.85 bits per heavy atom. The van der Waals surface area contributed by atoms with Gasteiger partial charge in [-0.2, -0.15) is 0 Å². The Labute approximate surface area is 122 Å². The van der Waals surface area contributed by atoms with Crippen LogP contribution in [0.1, 0.15) is 46.7 Å². The molecule has 0 saturated heterocycles. The maximum atomic E-state index is 13.1. The second-order valence-corrected chi connectivity index (χ2v) is 5.62. The molecule has 0 spiro atoms. The first kappa shape index (κ1) is 13.3. The van der Waals surface area contributed by atoms with E-state index in [2.05, 4.69) is 6.07 Å². The van der Waals surface area contributed by atoms with Crippen LogP contribution in [0.3, 0.4) is 0 Å². The number of ketones is 1. The van der Waals surface area contributed by atoms with Gasteiger partial charge in [-0.3, -0.25) is 4.79 Å². The van der Waals surface area contributed by atoms with E-state index < -0.39 is 5.82 Å². The molecule has 1 saturated carbocycles. The average Bonchev–Trinajstić information content (AvgIpc) is 2.39. The summed E-state index contributed by atoms with van der Waals surface area (Å²) in [6.07, 6.45) is 3.65. The highest BCUT2D eigenvalue weighted by molar-refractivity contribution is 6.31. The van der Waals surface area contributed by atoms with Crippen molar-refractivity contribution in [2.24, 2.45) is 0 Å². The topological polar surface area (TPSA) is 17.1 Å². The summed E-state index contributed by atoms with van der Waals surface area (Å²) in [4.78, 5) is 12.4. The number of benzene rings is 2. The lowest BCUT2D eigenvalue weighted by Crippen LogP contribution is -2.10. The Bertz CT molecular complexity index is 662. The smallest absolute Gasteiger partial charge is 0.193 e. The van der Waals surface area contributed by atoms with E-state index in [-0.39, 0.29) is 10.8 Å². The summed E-state index contributed by atoms with van der Waals surface area (Å²) in [7, 11) is 0. The second-order valence-electron chi connectivity index (χ2n) is 5.21. The quantitative estimate of drug-likeness (QED) is 0.728. The summed E-state index contributed by atoms with van der Waals surface area (Å²) in [5.74, 6) is -0.0425. The first-order valence-corrected chi connectivity index (χ1v) is 7.12. The molecular weight excluding hydrogens is 275 g/mol. The monoisotopic (exact) mass is 288 g/mol. The molecule has 0 radical (unpaired) electrons. The minimum Gasteiger partial charge on any atom is -0.289 e. The number of hydrogen-bond acceptors (Lipinski definition) is 1. The molecule has 1 fully saturated rings. The summed E-state index contributed by atoms with van der Waals surface area (Å²) in [5.41, 5.74) is 2.27. The lowest BCUT2D eigenvalue weighted by molar-refractivity contribution is 0.103. The third kappa shape index (κ3) is 2.48. The summed E-state index contributed by atoms with van der Waals surface area (Å²) < 4.78 is 13.1. The number of halogens is 2. The second kappa shape index (κ2) is 5.37. The van der Waals surface area contributed by atoms with Gasteiger partial charge in [-0.05, 0) is 48.6 Å². The lowest BCUT2D eigenvalue weighted by Gasteiger charge is -2.26. The highest BCUT2D eigenvalue weighted by atomic mass is 35.5. The van der Waals surface area contributed by atoms with Crippen LogP contribution in [0.4, 0.5) is 4.39 Å². The highest BCUT2D eigenvalue weighted by Crippen LogP contribution is 2.36. The van der Waals surface area contributed by atoms with E-state index in [0.717, 1.165) is 0 Å². The highest BCUT2D eigenvalue weighted by Gasteiger charge is 2.20. The van der Waals surface area contributed by atoms with Gasteiger partial charge >= 0.3 is 0 Å². The van der Waals surface area contributed by atoms with Gasteiger partial charge in [-0.25, -0.2) is 4.39 Å². The van der Waals surface area contributed by atoms with Gasteiger partial charge in [-0.1, -0.05) is 36.2 Å². The van der Waals surface area contributed by atoms with E-state index in [0.29, 0.717) is 17.0 Å². The van der Waals surface area contributed by atoms with Gasteiger partial charge in [0.2, 0.25) is 0 Å². The van der Waals surface area contributed by atoms with Crippen LogP contribution in [0.15, 0.2) is 42.5 Å². The molecule has 0 amide bonds. The van der Waals surface area contributed by atoms with E-state index in [1.807, 2.05) is 12.1 Å². The summed E-state index contributed by atoms with van der Waals surface area (Å²) in [6.45, 7) is 0. The van der Waals surface area contributed by atoms with Crippen LogP contribution in [0, 0.1) is 5.82 Å². The van der Waals surface area contributed by atoms with Crippen molar-refractivity contribution in [3.63, 3.8) is 0 Å². The summed E-state index contributed by atoms with van der Waals surface area (Å²) in [6, 6.07) is 11.8. The summed E-state index contributed by atoms with van der Waals surface area (Å²) in [5, 5.41) is -0.0222. The molecule has 20 heavy (non-hydrogen) atoms. The molecule has 0 aliphatic heterocycles. The van der Waals surface area contributed by atoms with Crippen molar-refractivity contribution < 1.29 is 9.18 Å². The van der Waals surface area contributed by atoms with E-state index in [1.165, 1.54) is 43.0 Å². The Balaban J connectivity index is 1.91. The number of rotatable bonds is 3. The van der Waals surface area contributed by atoms with Gasteiger partial charge in [-0.15, -0.1) is 0 Å². The van der Waals surface area contributed by atoms with E-state index in [1.54, 1.807) is 6.07 Å². The Kier molecular flexibility index (Phi) is 3.58. The minimum absolute atomic E-state index is 0.0222. The molecule has 3 rings (SSSR count). The Hall–Kier alpha value is -1.67. The fourth-order valence-electron chi connectivity index (χ4n) is 2.48. The summed E-state index contributed by atoms with van der Waals surface area (Å²) >= 11 is 5.73. The molecule has 2 aromatic rings. The van der Waals surface area contributed by atoms with Crippen molar-refractivity contribution in [2.45, 2.75) is 25.2 Å². The third-order valence-corrected chi connectivity index (χ3v) is 4.20. The van der Waals surface area contributed by atoms with Gasteiger partial charge in [0.05, 0.1) is 5.02 Å². The van der Waals surface area contributed by atoms with Crippen LogP contribution in [-0.4, -0.2) is 5.78 Å². The fourth-order valence-corrected chi connectivity index (χ4v) is 2.66. The largest absolute Gasteiger partial charge is 0.289 e. The maximum absolute atomic E-state index is 13.1. The van der Waals surface area contributed by atoms with Crippen LogP contribution in [0.5, 0.6) is 0 Å². The van der Waals surface area contributed by atoms with Crippen molar-refractivity contribution >= 4 is 17.4 Å². The predicted molar refractivity (Wildman–Crippen MR) is 77.9 cm³/mol. The molecule has 2 aromatic carbocycles. The molecule has 0 atom stereocenters. The van der Waals surface area contributed by atoms with Gasteiger partial charge in [0.25, 0.3) is 0 Å². The van der Waals surface area contributed by atoms with Crippen LogP contribution in [-0.2, 0) is 0 Å². The zero-order chi connectivity index (χ0) is 14.1. The van der Waals surface area contributed by atoms with Gasteiger partial charge in [0, 0.05) is 11.1 Å². The molecule has 0 unspecified atom stereocenters. The standard InChI is InChI=1S/C17H14ClFO/c18-15-10-14(7-8-16(15)19)17(20)13-6-2-5-12(9-13)11-3-1-4-11/h2,5-11H,1,3-4H2. The van der Waals surface area contributed by atoms with Crippen molar-refractivity contribution in [3.05, 3.63) is 70.0 Å². The fraction of sp³-hybridized carbons (Fsp3) is 0.235. The molecular formula is C17H14ClFO. The average molecular weight is 289 g/mol. The van der Waals surface area contributed by atoms with Crippen molar-refractivity contribution in [1.29, 1.82) is 0 Å². The van der Waals surface area contributed by atoms with E-state index in [9.17, 15) is 9.18 Å². The molecule has 0 bridgehead atoms. The molecule has 3 heteroatoms. The SMILES string of the molecule is O=C(c1cccc(C2CCC2)c1)c1ccc(F)c(Cl)c1. The zero-order valence-electron chi connectivity index (χ0n) is 10.9. The predicted octanol–water partition coefficient (Wildman–Crippen LogP) is 4.98. The van der Waals surface area contributed by atoms with Gasteiger partial charge in [0.15, 0.2) is 5.78 Å². The Morgan fingerprint density at radius 3 is 2.50 bits per heavy atom. The number of hydrogen-bond donors (Lipinski definition) is 0.